The minimum atomic E-state index is -1.62. The Hall–Kier alpha value is -5.32. The van der Waals surface area contributed by atoms with Crippen molar-refractivity contribution in [1.82, 2.24) is 59.7 Å². The van der Waals surface area contributed by atoms with Crippen LogP contribution in [0.3, 0.4) is 0 Å². The number of piperidine rings is 2. The predicted octanol–water partition coefficient (Wildman–Crippen LogP) is 3.98. The molecular formula is C56H70F6N12O10S2. The number of hydrogen-bond acceptors (Lipinski definition) is 22. The molecule has 4 aliphatic rings. The molecule has 0 spiro atoms. The zero-order valence-electron chi connectivity index (χ0n) is 48.3. The average Bonchev–Trinajstić information content (AvgIpc) is 1.25. The lowest BCUT2D eigenvalue weighted by Gasteiger charge is -2.46. The first-order valence-electron chi connectivity index (χ1n) is 27.8. The van der Waals surface area contributed by atoms with Crippen LogP contribution in [0, 0.1) is 76.4 Å². The fourth-order valence-electron chi connectivity index (χ4n) is 11.2. The molecule has 0 amide bonds. The van der Waals surface area contributed by atoms with E-state index in [9.17, 15) is 67.2 Å². The van der Waals surface area contributed by atoms with Crippen LogP contribution in [0.1, 0.15) is 93.8 Å². The number of thioether (sulfide) groups is 2. The van der Waals surface area contributed by atoms with E-state index in [0.29, 0.717) is 86.0 Å². The van der Waals surface area contributed by atoms with Crippen LogP contribution in [0.4, 0.5) is 26.3 Å². The topological polar surface area (TPSA) is 300 Å². The number of likely N-dealkylation sites (tertiary alicyclic amines) is 2. The van der Waals surface area contributed by atoms with Crippen LogP contribution in [0.2, 0.25) is 0 Å². The lowest BCUT2D eigenvalue weighted by molar-refractivity contribution is -0.179. The summed E-state index contributed by atoms with van der Waals surface area (Å²) >= 11 is 2.25. The SMILES string of the molecule is Cc1nc(C)c(C(S[C@@H]2O[C@H](CO)[C@H](O)[C@H](n3cc(-c4cc(F)c(F)c(F)c4)nn3)[C@H]2O)C2(O)CCN(C)CC2)nc1C.Cc1nc(C)c(C(S[C@@H]2O[C@H](CO)[C@H](O)[C@H](n3cc(-c4cc(F)c(F)c(F)c4)nn3)[C@H]2O)C2(O)CCN(C)CC2)nc1C. The summed E-state index contributed by atoms with van der Waals surface area (Å²) < 4.78 is 96.7. The van der Waals surface area contributed by atoms with Gasteiger partial charge in [-0.15, -0.1) is 33.7 Å². The van der Waals surface area contributed by atoms with Gasteiger partial charge in [0.2, 0.25) is 0 Å². The quantitative estimate of drug-likeness (QED) is 0.0565. The molecule has 0 radical (unpaired) electrons. The molecule has 468 valence electrons. The number of halogens is 6. The van der Waals surface area contributed by atoms with E-state index in [1.165, 1.54) is 12.4 Å². The zero-order chi connectivity index (χ0) is 62.4. The number of nitrogens with zero attached hydrogens (tertiary/aromatic N) is 12. The molecule has 6 aromatic rings. The minimum Gasteiger partial charge on any atom is -0.394 e. The molecule has 30 heteroatoms. The maximum absolute atomic E-state index is 13.9. The first-order chi connectivity index (χ1) is 40.6. The average molecular weight is 1250 g/mol. The Bertz CT molecular complexity index is 3120. The summed E-state index contributed by atoms with van der Waals surface area (Å²) in [6.45, 7) is 12.3. The van der Waals surface area contributed by atoms with Crippen molar-refractivity contribution in [3.63, 3.8) is 0 Å². The van der Waals surface area contributed by atoms with E-state index in [0.717, 1.165) is 68.5 Å². The van der Waals surface area contributed by atoms with Crippen molar-refractivity contribution in [1.29, 1.82) is 0 Å². The number of benzene rings is 2. The van der Waals surface area contributed by atoms with Crippen LogP contribution in [0.5, 0.6) is 0 Å². The fourth-order valence-corrected chi connectivity index (χ4v) is 14.4. The molecule has 0 aliphatic carbocycles. The van der Waals surface area contributed by atoms with E-state index >= 15 is 0 Å². The lowest BCUT2D eigenvalue weighted by atomic mass is 9.86. The van der Waals surface area contributed by atoms with Gasteiger partial charge in [0.25, 0.3) is 0 Å². The van der Waals surface area contributed by atoms with Gasteiger partial charge in [-0.05, 0) is 106 Å². The fraction of sp³-hybridized carbons (Fsp3) is 0.571. The number of hydrogen-bond donors (Lipinski definition) is 8. The highest BCUT2D eigenvalue weighted by Crippen LogP contribution is 2.51. The summed E-state index contributed by atoms with van der Waals surface area (Å²) in [5.74, 6) is -8.88. The van der Waals surface area contributed by atoms with Gasteiger partial charge in [0.05, 0.1) is 92.9 Å². The molecule has 4 aliphatic heterocycles. The van der Waals surface area contributed by atoms with E-state index in [1.54, 1.807) is 13.8 Å². The van der Waals surface area contributed by atoms with Crippen molar-refractivity contribution in [2.24, 2.45) is 0 Å². The van der Waals surface area contributed by atoms with Crippen LogP contribution >= 0.6 is 23.5 Å². The van der Waals surface area contributed by atoms with Gasteiger partial charge in [-0.2, -0.15) is 0 Å². The molecule has 4 aromatic heterocycles. The number of rotatable bonds is 14. The Morgan fingerprint density at radius 1 is 0.512 bits per heavy atom. The number of ether oxygens (including phenoxy) is 2. The van der Waals surface area contributed by atoms with Gasteiger partial charge in [0.1, 0.15) is 71.0 Å². The van der Waals surface area contributed by atoms with Crippen molar-refractivity contribution in [3.05, 3.63) is 117 Å². The third-order valence-corrected chi connectivity index (χ3v) is 19.8. The van der Waals surface area contributed by atoms with E-state index in [-0.39, 0.29) is 22.5 Å². The van der Waals surface area contributed by atoms with Gasteiger partial charge >= 0.3 is 0 Å². The highest BCUT2D eigenvalue weighted by Gasteiger charge is 2.53. The van der Waals surface area contributed by atoms with E-state index in [2.05, 4.69) is 40.4 Å². The summed E-state index contributed by atoms with van der Waals surface area (Å²) in [5, 5.41) is 104. The second-order valence-corrected chi connectivity index (χ2v) is 25.1. The Morgan fingerprint density at radius 2 is 0.826 bits per heavy atom. The van der Waals surface area contributed by atoms with E-state index in [4.69, 9.17) is 19.4 Å². The van der Waals surface area contributed by atoms with Crippen molar-refractivity contribution < 1.29 is 76.7 Å². The second kappa shape index (κ2) is 26.4. The third-order valence-electron chi connectivity index (χ3n) is 16.6. The van der Waals surface area contributed by atoms with Gasteiger partial charge in [-0.1, -0.05) is 10.4 Å². The summed E-state index contributed by atoms with van der Waals surface area (Å²) in [7, 11) is 3.94. The molecule has 8 heterocycles. The van der Waals surface area contributed by atoms with Gasteiger partial charge in [0, 0.05) is 37.3 Å². The van der Waals surface area contributed by atoms with E-state index in [1.807, 2.05) is 41.8 Å². The van der Waals surface area contributed by atoms with Gasteiger partial charge < -0.3 is 60.1 Å². The standard InChI is InChI=1S/2C28H35F3N6O5S/c2*1-13-14(2)33-22(15(3)32-13)26(28(41)5-7-36(4)8-6-28)43-27-25(40)23(24(39)20(12-38)42-27)37-11-19(34-35-37)16-9-17(29)21(31)18(30)10-16/h2*9-11,20,23-27,38-41H,5-8,12H2,1-4H3/t2*20-,23+,24+,25-,26?,27+/m11/s1. The molecule has 10 rings (SSSR count). The Morgan fingerprint density at radius 3 is 1.14 bits per heavy atom. The monoisotopic (exact) mass is 1250 g/mol. The summed E-state index contributed by atoms with van der Waals surface area (Å²) in [4.78, 5) is 23.0. The molecule has 86 heavy (non-hydrogen) atoms. The van der Waals surface area contributed by atoms with E-state index < -0.39 is 129 Å². The molecule has 2 aromatic carbocycles. The Kier molecular flexibility index (Phi) is 20.0. The van der Waals surface area contributed by atoms with Crippen molar-refractivity contribution in [2.45, 2.75) is 149 Å². The van der Waals surface area contributed by atoms with Crippen LogP contribution in [0.25, 0.3) is 22.5 Å². The Labute approximate surface area is 499 Å². The normalized spacial score (nSPS) is 26.9. The van der Waals surface area contributed by atoms with Crippen molar-refractivity contribution in [2.75, 3.05) is 53.5 Å². The maximum atomic E-state index is 13.9. The molecule has 8 N–H and O–H groups in total. The predicted molar refractivity (Wildman–Crippen MR) is 301 cm³/mol. The lowest BCUT2D eigenvalue weighted by Crippen LogP contribution is -2.56. The van der Waals surface area contributed by atoms with Gasteiger partial charge in [0.15, 0.2) is 34.9 Å². The number of aromatic nitrogens is 10. The third kappa shape index (κ3) is 13.3. The second-order valence-electron chi connectivity index (χ2n) is 22.6. The van der Waals surface area contributed by atoms with Crippen LogP contribution in [0.15, 0.2) is 36.7 Å². The first kappa shape index (κ1) is 65.1. The van der Waals surface area contributed by atoms with Crippen molar-refractivity contribution in [3.8, 4) is 22.5 Å². The molecule has 4 fully saturated rings. The minimum absolute atomic E-state index is 0.0343. The highest BCUT2D eigenvalue weighted by atomic mass is 32.2. The maximum Gasteiger partial charge on any atom is 0.194 e. The highest BCUT2D eigenvalue weighted by molar-refractivity contribution is 8.00. The molecule has 0 saturated carbocycles. The molecule has 22 nitrogen and oxygen atoms in total. The number of aliphatic hydroxyl groups excluding tert-OH is 6. The molecule has 12 atom stereocenters. The van der Waals surface area contributed by atoms with Gasteiger partial charge in [-0.25, -0.2) is 35.7 Å². The number of aliphatic hydroxyl groups is 8. The molecule has 4 saturated heterocycles. The first-order valence-corrected chi connectivity index (χ1v) is 29.7. The smallest absolute Gasteiger partial charge is 0.194 e. The zero-order valence-corrected chi connectivity index (χ0v) is 49.9. The summed E-state index contributed by atoms with van der Waals surface area (Å²) in [6, 6.07) is 0.632. The van der Waals surface area contributed by atoms with Crippen LogP contribution < -0.4 is 0 Å². The van der Waals surface area contributed by atoms with Gasteiger partial charge in [-0.3, -0.25) is 19.9 Å². The number of aryl methyl sites for hydroxylation is 6. The summed E-state index contributed by atoms with van der Waals surface area (Å²) in [6.07, 6.45) is -3.92. The van der Waals surface area contributed by atoms with Crippen molar-refractivity contribution >= 4 is 23.5 Å². The van der Waals surface area contributed by atoms with Crippen LogP contribution in [-0.2, 0) is 9.47 Å². The summed E-state index contributed by atoms with van der Waals surface area (Å²) in [5.41, 5.74) is 0.294. The molecular weight excluding hydrogens is 1180 g/mol. The molecule has 0 bridgehead atoms. The Balaban J connectivity index is 0.000000205. The molecule has 2 unspecified atom stereocenters. The largest absolute Gasteiger partial charge is 0.394 e. The van der Waals surface area contributed by atoms with Crippen LogP contribution in [-0.4, -0.2) is 213 Å².